The molecule has 1 aliphatic rings. The molecule has 1 aromatic carbocycles. The fourth-order valence-corrected chi connectivity index (χ4v) is 3.26. The van der Waals surface area contributed by atoms with Gasteiger partial charge in [-0.2, -0.15) is 8.42 Å². The SMILES string of the molecule is COc1ccc(S(=O)(=O)CCN2CCOCC2)cc1.CS(=O)(=O)O. The number of ether oxygens (including phenoxy) is 2. The Morgan fingerprint density at radius 1 is 1.12 bits per heavy atom. The fourth-order valence-electron chi connectivity index (χ4n) is 1.97. The van der Waals surface area contributed by atoms with Gasteiger partial charge in [-0.3, -0.25) is 9.45 Å². The van der Waals surface area contributed by atoms with Crippen LogP contribution in [0.3, 0.4) is 0 Å². The van der Waals surface area contributed by atoms with Crippen molar-refractivity contribution >= 4 is 20.0 Å². The summed E-state index contributed by atoms with van der Waals surface area (Å²) in [5.41, 5.74) is 0. The normalized spacial score (nSPS) is 16.1. The van der Waals surface area contributed by atoms with Gasteiger partial charge in [-0.15, -0.1) is 0 Å². The van der Waals surface area contributed by atoms with E-state index in [9.17, 15) is 16.8 Å². The summed E-state index contributed by atoms with van der Waals surface area (Å²) in [7, 11) is -5.33. The second kappa shape index (κ2) is 9.33. The topological polar surface area (TPSA) is 110 Å². The fraction of sp³-hybridized carbons (Fsp3) is 0.571. The zero-order valence-corrected chi connectivity index (χ0v) is 15.3. The average Bonchev–Trinajstić information content (AvgIpc) is 2.52. The number of hydrogen-bond donors (Lipinski definition) is 1. The number of benzene rings is 1. The maximum absolute atomic E-state index is 12.2. The van der Waals surface area contributed by atoms with Crippen LogP contribution in [-0.2, 0) is 24.7 Å². The van der Waals surface area contributed by atoms with E-state index in [1.807, 2.05) is 0 Å². The number of rotatable bonds is 5. The van der Waals surface area contributed by atoms with Crippen LogP contribution in [0.2, 0.25) is 0 Å². The van der Waals surface area contributed by atoms with Crippen molar-refractivity contribution in [3.63, 3.8) is 0 Å². The Balaban J connectivity index is 0.000000505. The first-order valence-corrected chi connectivity index (χ1v) is 10.7. The number of sulfone groups is 1. The van der Waals surface area contributed by atoms with E-state index in [1.54, 1.807) is 31.4 Å². The molecule has 24 heavy (non-hydrogen) atoms. The molecule has 0 aliphatic carbocycles. The van der Waals surface area contributed by atoms with Crippen LogP contribution in [0.25, 0.3) is 0 Å². The maximum Gasteiger partial charge on any atom is 0.261 e. The number of morpholine rings is 1. The van der Waals surface area contributed by atoms with Gasteiger partial charge in [-0.05, 0) is 24.3 Å². The number of methoxy groups -OCH3 is 1. The largest absolute Gasteiger partial charge is 0.497 e. The highest BCUT2D eigenvalue weighted by molar-refractivity contribution is 7.91. The van der Waals surface area contributed by atoms with E-state index in [4.69, 9.17) is 14.0 Å². The first-order chi connectivity index (χ1) is 11.1. The Morgan fingerprint density at radius 2 is 1.62 bits per heavy atom. The third kappa shape index (κ3) is 8.60. The zero-order valence-electron chi connectivity index (χ0n) is 13.7. The summed E-state index contributed by atoms with van der Waals surface area (Å²) in [5, 5.41) is 0. The van der Waals surface area contributed by atoms with E-state index >= 15 is 0 Å². The summed E-state index contributed by atoms with van der Waals surface area (Å²) in [5.74, 6) is 0.798. The summed E-state index contributed by atoms with van der Waals surface area (Å²) >= 11 is 0. The lowest BCUT2D eigenvalue weighted by atomic mass is 10.3. The van der Waals surface area contributed by atoms with Gasteiger partial charge in [-0.1, -0.05) is 0 Å². The molecule has 0 radical (unpaired) electrons. The minimum absolute atomic E-state index is 0.138. The molecule has 0 spiro atoms. The second-order valence-corrected chi connectivity index (χ2v) is 8.76. The molecule has 1 N–H and O–H groups in total. The van der Waals surface area contributed by atoms with Crippen LogP contribution in [0.1, 0.15) is 0 Å². The van der Waals surface area contributed by atoms with E-state index in [2.05, 4.69) is 4.90 Å². The van der Waals surface area contributed by atoms with Crippen molar-refractivity contribution in [2.24, 2.45) is 0 Å². The van der Waals surface area contributed by atoms with Crippen molar-refractivity contribution in [1.29, 1.82) is 0 Å². The van der Waals surface area contributed by atoms with Crippen LogP contribution >= 0.6 is 0 Å². The average molecular weight is 381 g/mol. The molecule has 0 saturated carbocycles. The first kappa shape index (κ1) is 20.8. The summed E-state index contributed by atoms with van der Waals surface area (Å²) in [6.45, 7) is 3.53. The van der Waals surface area contributed by atoms with E-state index < -0.39 is 20.0 Å². The van der Waals surface area contributed by atoms with E-state index in [0.717, 1.165) is 13.1 Å². The molecule has 2 rings (SSSR count). The summed E-state index contributed by atoms with van der Waals surface area (Å²) < 4.78 is 60.5. The minimum Gasteiger partial charge on any atom is -0.497 e. The van der Waals surface area contributed by atoms with Crippen LogP contribution in [0.4, 0.5) is 0 Å². The highest BCUT2D eigenvalue weighted by Gasteiger charge is 2.18. The predicted octanol–water partition coefficient (Wildman–Crippen LogP) is 0.305. The van der Waals surface area contributed by atoms with Gasteiger partial charge >= 0.3 is 0 Å². The van der Waals surface area contributed by atoms with Crippen molar-refractivity contribution in [2.45, 2.75) is 4.90 Å². The van der Waals surface area contributed by atoms with Crippen molar-refractivity contribution in [3.8, 4) is 5.75 Å². The highest BCUT2D eigenvalue weighted by Crippen LogP contribution is 2.16. The molecule has 0 aromatic heterocycles. The lowest BCUT2D eigenvalue weighted by molar-refractivity contribution is 0.0408. The Labute approximate surface area is 143 Å². The lowest BCUT2D eigenvalue weighted by Gasteiger charge is -2.26. The second-order valence-electron chi connectivity index (χ2n) is 5.18. The molecule has 1 aromatic rings. The van der Waals surface area contributed by atoms with Crippen LogP contribution in [0.15, 0.2) is 29.2 Å². The van der Waals surface area contributed by atoms with Gasteiger partial charge in [0.2, 0.25) is 0 Å². The van der Waals surface area contributed by atoms with Crippen molar-refractivity contribution in [3.05, 3.63) is 24.3 Å². The van der Waals surface area contributed by atoms with Crippen LogP contribution in [0, 0.1) is 0 Å². The van der Waals surface area contributed by atoms with Crippen molar-refractivity contribution < 1.29 is 30.9 Å². The quantitative estimate of drug-likeness (QED) is 0.726. The highest BCUT2D eigenvalue weighted by atomic mass is 32.2. The van der Waals surface area contributed by atoms with E-state index in [0.29, 0.717) is 36.7 Å². The van der Waals surface area contributed by atoms with Crippen LogP contribution in [-0.4, -0.2) is 78.3 Å². The molecule has 8 nitrogen and oxygen atoms in total. The van der Waals surface area contributed by atoms with Gasteiger partial charge in [0.05, 0.1) is 37.2 Å². The Kier molecular flexibility index (Phi) is 8.10. The third-order valence-electron chi connectivity index (χ3n) is 3.20. The molecule has 0 amide bonds. The molecule has 10 heteroatoms. The number of hydrogen-bond acceptors (Lipinski definition) is 7. The number of nitrogens with zero attached hydrogens (tertiary/aromatic N) is 1. The van der Waals surface area contributed by atoms with E-state index in [-0.39, 0.29) is 5.75 Å². The molecule has 0 unspecified atom stereocenters. The molecule has 1 fully saturated rings. The molecule has 1 saturated heterocycles. The monoisotopic (exact) mass is 381 g/mol. The van der Waals surface area contributed by atoms with Gasteiger partial charge in [0.25, 0.3) is 10.1 Å². The summed E-state index contributed by atoms with van der Waals surface area (Å²) in [6.07, 6.45) is 0.715. The van der Waals surface area contributed by atoms with Gasteiger partial charge in [0, 0.05) is 19.6 Å². The Hall–Kier alpha value is -1.20. The molecular formula is C14H23NO7S2. The molecule has 1 heterocycles. The Morgan fingerprint density at radius 3 is 2.08 bits per heavy atom. The zero-order chi connectivity index (χ0) is 18.2. The standard InChI is InChI=1S/C13H19NO4S.CH4O3S/c1-17-12-2-4-13(5-3-12)19(15,16)11-8-14-6-9-18-10-7-14;1-5(2,3)4/h2-5H,6-11H2,1H3;1H3,(H,2,3,4). The maximum atomic E-state index is 12.2. The third-order valence-corrected chi connectivity index (χ3v) is 4.91. The lowest BCUT2D eigenvalue weighted by Crippen LogP contribution is -2.39. The molecule has 138 valence electrons. The van der Waals surface area contributed by atoms with Crippen LogP contribution < -0.4 is 4.74 Å². The summed E-state index contributed by atoms with van der Waals surface area (Å²) in [4.78, 5) is 2.46. The Bertz CT molecular complexity index is 685. The first-order valence-electron chi connectivity index (χ1n) is 7.21. The van der Waals surface area contributed by atoms with Crippen LogP contribution in [0.5, 0.6) is 5.75 Å². The smallest absolute Gasteiger partial charge is 0.261 e. The predicted molar refractivity (Wildman–Crippen MR) is 89.8 cm³/mol. The van der Waals surface area contributed by atoms with Gasteiger partial charge in [-0.25, -0.2) is 8.42 Å². The van der Waals surface area contributed by atoms with Gasteiger partial charge in [0.15, 0.2) is 9.84 Å². The minimum atomic E-state index is -3.67. The van der Waals surface area contributed by atoms with Crippen molar-refractivity contribution in [1.82, 2.24) is 4.90 Å². The van der Waals surface area contributed by atoms with Gasteiger partial charge < -0.3 is 9.47 Å². The molecule has 1 aliphatic heterocycles. The summed E-state index contributed by atoms with van der Waals surface area (Å²) in [6, 6.07) is 6.52. The molecule has 0 atom stereocenters. The van der Waals surface area contributed by atoms with Gasteiger partial charge in [0.1, 0.15) is 5.75 Å². The molecular weight excluding hydrogens is 358 g/mol. The van der Waals surface area contributed by atoms with Crippen molar-refractivity contribution in [2.75, 3.05) is 52.0 Å². The van der Waals surface area contributed by atoms with E-state index in [1.165, 1.54) is 0 Å². The molecule has 0 bridgehead atoms.